The average molecular weight is 778 g/mol. The fourth-order valence-electron chi connectivity index (χ4n) is 8.22. The van der Waals surface area contributed by atoms with Crippen LogP contribution in [0.5, 0.6) is 11.5 Å². The Kier molecular flexibility index (Phi) is 13.8. The van der Waals surface area contributed by atoms with Gasteiger partial charge in [-0.1, -0.05) is 49.7 Å². The molecular weight excluding hydrogens is 719 g/mol. The molecule has 0 radical (unpaired) electrons. The van der Waals surface area contributed by atoms with Crippen LogP contribution in [0.3, 0.4) is 0 Å². The number of fused-ring (bicyclic) bond motifs is 1. The lowest BCUT2D eigenvalue weighted by atomic mass is 9.74. The number of methoxy groups -OCH3 is 2. The molecule has 1 N–H and O–H groups in total. The van der Waals surface area contributed by atoms with Crippen molar-refractivity contribution in [2.24, 2.45) is 11.3 Å². The number of ether oxygens (including phenoxy) is 5. The van der Waals surface area contributed by atoms with Gasteiger partial charge in [-0.05, 0) is 92.5 Å². The number of rotatable bonds is 16. The quantitative estimate of drug-likeness (QED) is 0.167. The summed E-state index contributed by atoms with van der Waals surface area (Å²) in [6.07, 6.45) is 3.14. The number of nitrogens with zero attached hydrogens (tertiary/aromatic N) is 2. The van der Waals surface area contributed by atoms with E-state index >= 15 is 0 Å². The second-order valence-corrected chi connectivity index (χ2v) is 17.5. The number of anilines is 1. The Morgan fingerprint density at radius 3 is 2.44 bits per heavy atom. The lowest BCUT2D eigenvalue weighted by molar-refractivity contribution is -0.134. The summed E-state index contributed by atoms with van der Waals surface area (Å²) in [6.45, 7) is 11.1. The van der Waals surface area contributed by atoms with Gasteiger partial charge in [-0.25, -0.2) is 8.42 Å². The molecule has 2 saturated heterocycles. The van der Waals surface area contributed by atoms with Crippen LogP contribution in [0.25, 0.3) is 0 Å². The summed E-state index contributed by atoms with van der Waals surface area (Å²) in [4.78, 5) is 16.2. The van der Waals surface area contributed by atoms with Crippen molar-refractivity contribution in [3.05, 3.63) is 83.4 Å². The minimum atomic E-state index is -3.91. The first-order valence-corrected chi connectivity index (χ1v) is 21.1. The molecule has 11 nitrogen and oxygen atoms in total. The van der Waals surface area contributed by atoms with Crippen molar-refractivity contribution in [1.82, 2.24) is 9.62 Å². The number of sulfonamides is 1. The molecule has 300 valence electrons. The molecule has 0 spiro atoms. The first-order chi connectivity index (χ1) is 26.5. The molecule has 3 atom stereocenters. The minimum absolute atomic E-state index is 0.0104. The largest absolute Gasteiger partial charge is 0.497 e. The van der Waals surface area contributed by atoms with Gasteiger partial charge in [0.2, 0.25) is 15.9 Å². The predicted octanol–water partition coefficient (Wildman–Crippen LogP) is 6.33. The average Bonchev–Trinajstić information content (AvgIpc) is 3.20. The molecule has 0 aromatic heterocycles. The summed E-state index contributed by atoms with van der Waals surface area (Å²) in [5.41, 5.74) is 3.50. The van der Waals surface area contributed by atoms with Crippen LogP contribution in [-0.4, -0.2) is 97.6 Å². The standard InChI is InChI=1S/C43H59N3O8S/c1-31-7-14-37(15-8-31)55(48,49)46-29-41(54-30-32-9-16-40-39(27-32)45(22-26-53-40)21-6-23-50-4)38(33-10-12-36(51-5)13-11-33)28-35(46)17-20-44-42(47)43(2,3)34-18-24-52-25-19-34/h7-16,27,34-35,38,41H,6,17-26,28-30H2,1-5H3,(H,44,47)/t35-,38-,41+/m1/s1. The Morgan fingerprint density at radius 1 is 0.982 bits per heavy atom. The molecule has 0 bridgehead atoms. The number of aryl methyl sites for hydroxylation is 1. The van der Waals surface area contributed by atoms with Crippen LogP contribution in [-0.2, 0) is 35.6 Å². The van der Waals surface area contributed by atoms with E-state index in [1.165, 1.54) is 0 Å². The van der Waals surface area contributed by atoms with Crippen molar-refractivity contribution < 1.29 is 36.9 Å². The maximum Gasteiger partial charge on any atom is 0.243 e. The summed E-state index contributed by atoms with van der Waals surface area (Å²) in [5.74, 6) is 1.71. The molecule has 3 aromatic rings. The first kappa shape index (κ1) is 41.0. The monoisotopic (exact) mass is 777 g/mol. The Bertz CT molecular complexity index is 1810. The van der Waals surface area contributed by atoms with Crippen molar-refractivity contribution in [2.45, 2.75) is 82.4 Å². The van der Waals surface area contributed by atoms with Gasteiger partial charge in [0.25, 0.3) is 0 Å². The fourth-order valence-corrected chi connectivity index (χ4v) is 9.89. The highest BCUT2D eigenvalue weighted by atomic mass is 32.2. The van der Waals surface area contributed by atoms with Gasteiger partial charge in [0.05, 0.1) is 36.9 Å². The molecule has 3 heterocycles. The van der Waals surface area contributed by atoms with Crippen molar-refractivity contribution in [3.8, 4) is 11.5 Å². The van der Waals surface area contributed by atoms with E-state index in [1.54, 1.807) is 30.7 Å². The Hall–Kier alpha value is -3.68. The van der Waals surface area contributed by atoms with Gasteiger partial charge < -0.3 is 33.9 Å². The molecule has 6 rings (SSSR count). The van der Waals surface area contributed by atoms with Crippen LogP contribution in [0.4, 0.5) is 5.69 Å². The Labute approximate surface area is 327 Å². The van der Waals surface area contributed by atoms with Gasteiger partial charge in [0.15, 0.2) is 0 Å². The Morgan fingerprint density at radius 2 is 1.73 bits per heavy atom. The van der Waals surface area contributed by atoms with E-state index in [2.05, 4.69) is 16.3 Å². The molecule has 3 aliphatic rings. The highest BCUT2D eigenvalue weighted by molar-refractivity contribution is 7.89. The van der Waals surface area contributed by atoms with Gasteiger partial charge in [0, 0.05) is 63.9 Å². The van der Waals surface area contributed by atoms with E-state index in [0.29, 0.717) is 52.4 Å². The number of benzene rings is 3. The molecule has 0 saturated carbocycles. The van der Waals surface area contributed by atoms with E-state index in [-0.39, 0.29) is 35.2 Å². The van der Waals surface area contributed by atoms with Crippen LogP contribution in [0.1, 0.15) is 68.6 Å². The van der Waals surface area contributed by atoms with Crippen molar-refractivity contribution >= 4 is 21.6 Å². The maximum atomic E-state index is 14.5. The van der Waals surface area contributed by atoms with E-state index < -0.39 is 21.5 Å². The second-order valence-electron chi connectivity index (χ2n) is 15.6. The predicted molar refractivity (Wildman–Crippen MR) is 213 cm³/mol. The molecule has 3 aromatic carbocycles. The summed E-state index contributed by atoms with van der Waals surface area (Å²) in [7, 11) is -0.551. The zero-order valence-corrected chi connectivity index (χ0v) is 33.9. The molecule has 3 aliphatic heterocycles. The van der Waals surface area contributed by atoms with Crippen LogP contribution in [0.2, 0.25) is 0 Å². The van der Waals surface area contributed by atoms with Gasteiger partial charge in [-0.2, -0.15) is 4.31 Å². The normalized spacial score (nSPS) is 21.1. The summed E-state index contributed by atoms with van der Waals surface area (Å²) in [5, 5.41) is 3.19. The third kappa shape index (κ3) is 9.83. The number of nitrogens with one attached hydrogen (secondary N) is 1. The summed E-state index contributed by atoms with van der Waals surface area (Å²) in [6, 6.07) is 20.8. The first-order valence-electron chi connectivity index (χ1n) is 19.7. The molecule has 0 unspecified atom stereocenters. The third-order valence-electron chi connectivity index (χ3n) is 11.7. The zero-order chi connectivity index (χ0) is 39.0. The van der Waals surface area contributed by atoms with E-state index in [1.807, 2.05) is 69.3 Å². The number of hydrogen-bond acceptors (Lipinski definition) is 9. The maximum absolute atomic E-state index is 14.5. The van der Waals surface area contributed by atoms with Crippen molar-refractivity contribution in [3.63, 3.8) is 0 Å². The van der Waals surface area contributed by atoms with Crippen LogP contribution < -0.4 is 19.7 Å². The minimum Gasteiger partial charge on any atom is -0.497 e. The number of amides is 1. The molecule has 12 heteroatoms. The van der Waals surface area contributed by atoms with E-state index in [9.17, 15) is 13.2 Å². The Balaban J connectivity index is 1.26. The van der Waals surface area contributed by atoms with E-state index in [0.717, 1.165) is 66.2 Å². The number of carbonyl (C=O) groups excluding carboxylic acids is 1. The highest BCUT2D eigenvalue weighted by Crippen LogP contribution is 2.40. The van der Waals surface area contributed by atoms with Crippen LogP contribution >= 0.6 is 0 Å². The summed E-state index contributed by atoms with van der Waals surface area (Å²) >= 11 is 0. The SMILES string of the molecule is COCCCN1CCOc2ccc(CO[C@H]3CN(S(=O)(=O)c4ccc(C)cc4)[C@H](CCNC(=O)C(C)(C)C4CCOCC4)C[C@@H]3c3ccc(OC)cc3)cc21. The summed E-state index contributed by atoms with van der Waals surface area (Å²) < 4.78 is 59.8. The van der Waals surface area contributed by atoms with Crippen LogP contribution in [0.15, 0.2) is 71.6 Å². The second kappa shape index (κ2) is 18.5. The molecule has 2 fully saturated rings. The number of carbonyl (C=O) groups is 1. The van der Waals surface area contributed by atoms with Gasteiger partial charge in [-0.3, -0.25) is 4.79 Å². The zero-order valence-electron chi connectivity index (χ0n) is 33.1. The topological polar surface area (TPSA) is 116 Å². The molecule has 1 amide bonds. The van der Waals surface area contributed by atoms with E-state index in [4.69, 9.17) is 23.7 Å². The van der Waals surface area contributed by atoms with Gasteiger partial charge >= 0.3 is 0 Å². The lowest BCUT2D eigenvalue weighted by Crippen LogP contribution is -2.53. The van der Waals surface area contributed by atoms with Gasteiger partial charge in [0.1, 0.15) is 18.1 Å². The fraction of sp³-hybridized carbons (Fsp3) is 0.558. The smallest absolute Gasteiger partial charge is 0.243 e. The van der Waals surface area contributed by atoms with Crippen molar-refractivity contribution in [1.29, 1.82) is 0 Å². The van der Waals surface area contributed by atoms with Gasteiger partial charge in [-0.15, -0.1) is 0 Å². The number of hydrogen-bond donors (Lipinski definition) is 1. The van der Waals surface area contributed by atoms with Crippen molar-refractivity contribution in [2.75, 3.05) is 71.7 Å². The third-order valence-corrected chi connectivity index (χ3v) is 13.7. The highest BCUT2D eigenvalue weighted by Gasteiger charge is 2.43. The lowest BCUT2D eigenvalue weighted by Gasteiger charge is -2.43. The van der Waals surface area contributed by atoms with Crippen LogP contribution in [0, 0.1) is 18.3 Å². The molecule has 0 aliphatic carbocycles. The molecular formula is C43H59N3O8S. The molecule has 55 heavy (non-hydrogen) atoms. The number of piperidine rings is 1.